The van der Waals surface area contributed by atoms with Crippen LogP contribution in [0.15, 0.2) is 156 Å². The van der Waals surface area contributed by atoms with Gasteiger partial charge in [-0.2, -0.15) is 0 Å². The molecule has 5 heteroatoms. The first-order chi connectivity index (χ1) is 26.7. The van der Waals surface area contributed by atoms with Crippen molar-refractivity contribution in [2.45, 2.75) is 25.7 Å². The largest absolute Gasteiger partial charge is 0.456 e. The lowest BCUT2D eigenvalue weighted by Crippen LogP contribution is -2.03. The van der Waals surface area contributed by atoms with Crippen molar-refractivity contribution in [1.29, 1.82) is 0 Å². The van der Waals surface area contributed by atoms with E-state index in [0.717, 1.165) is 81.1 Å². The molecule has 0 bridgehead atoms. The van der Waals surface area contributed by atoms with Gasteiger partial charge in [0, 0.05) is 50.3 Å². The maximum Gasteiger partial charge on any atom is 0.164 e. The predicted molar refractivity (Wildman–Crippen MR) is 221 cm³/mol. The van der Waals surface area contributed by atoms with E-state index in [2.05, 4.69) is 132 Å². The van der Waals surface area contributed by atoms with Crippen LogP contribution in [0.5, 0.6) is 0 Å². The van der Waals surface area contributed by atoms with Crippen molar-refractivity contribution in [3.05, 3.63) is 169 Å². The van der Waals surface area contributed by atoms with Crippen molar-refractivity contribution in [1.82, 2.24) is 19.5 Å². The molecule has 3 aromatic heterocycles. The molecule has 0 N–H and O–H groups in total. The van der Waals surface area contributed by atoms with E-state index in [-0.39, 0.29) is 0 Å². The standard InChI is InChI=1S/C49H34N4O/c1-3-12-32(13-4-1)47-50-48(33-14-5-2-6-15-33)52-49(51-47)34-24-22-31(23-25-34)38-19-11-21-44-46(38)40-27-26-37(30-45(40)54-44)53-42-20-10-9-18-39(42)41-28-35-16-7-8-17-36(35)29-43(41)53/h1,3-5,7-8,10-17,19-30H,2,6,9,18H2. The number of aromatic nitrogens is 4. The maximum atomic E-state index is 6.63. The van der Waals surface area contributed by atoms with Gasteiger partial charge < -0.3 is 8.98 Å². The smallest absolute Gasteiger partial charge is 0.164 e. The zero-order chi connectivity index (χ0) is 35.6. The fraction of sp³-hybridized carbons (Fsp3) is 0.0816. The molecule has 0 radical (unpaired) electrons. The van der Waals surface area contributed by atoms with Crippen LogP contribution in [0.25, 0.3) is 94.9 Å². The van der Waals surface area contributed by atoms with E-state index >= 15 is 0 Å². The lowest BCUT2D eigenvalue weighted by Gasteiger charge is -2.12. The van der Waals surface area contributed by atoms with Crippen LogP contribution in [0.2, 0.25) is 0 Å². The number of allylic oxidation sites excluding steroid dienone is 5. The summed E-state index contributed by atoms with van der Waals surface area (Å²) in [6.45, 7) is 0. The number of benzene rings is 6. The van der Waals surface area contributed by atoms with Crippen molar-refractivity contribution in [3.63, 3.8) is 0 Å². The van der Waals surface area contributed by atoms with Crippen LogP contribution < -0.4 is 0 Å². The van der Waals surface area contributed by atoms with Crippen molar-refractivity contribution in [3.8, 4) is 39.6 Å². The first kappa shape index (κ1) is 30.7. The van der Waals surface area contributed by atoms with Crippen LogP contribution in [0.1, 0.15) is 36.3 Å². The molecular weight excluding hydrogens is 661 g/mol. The number of hydrogen-bond donors (Lipinski definition) is 0. The van der Waals surface area contributed by atoms with Crippen LogP contribution in [-0.2, 0) is 6.42 Å². The number of furan rings is 1. The fourth-order valence-corrected chi connectivity index (χ4v) is 8.32. The number of rotatable bonds is 5. The van der Waals surface area contributed by atoms with E-state index in [0.29, 0.717) is 17.5 Å². The van der Waals surface area contributed by atoms with Crippen molar-refractivity contribution < 1.29 is 4.42 Å². The summed E-state index contributed by atoms with van der Waals surface area (Å²) in [5.74, 6) is 2.03. The third-order valence-corrected chi connectivity index (χ3v) is 10.9. The molecule has 0 aliphatic heterocycles. The average Bonchev–Trinajstić information content (AvgIpc) is 3.78. The molecule has 5 nitrogen and oxygen atoms in total. The van der Waals surface area contributed by atoms with E-state index in [1.807, 2.05) is 30.3 Å². The van der Waals surface area contributed by atoms with E-state index in [4.69, 9.17) is 19.4 Å². The first-order valence-electron chi connectivity index (χ1n) is 18.7. The molecule has 0 atom stereocenters. The SMILES string of the molecule is C1=CC(c2nc(-c3ccccc3)nc(-c3ccc(-c4cccc5oc6cc(-n7c8c(c9cc%10ccccc%10cc97)CCC=C8)ccc6c45)cc3)n2)=CCC1. The molecule has 0 saturated heterocycles. The quantitative estimate of drug-likeness (QED) is 0.180. The second kappa shape index (κ2) is 12.4. The number of fused-ring (bicyclic) bond motifs is 7. The number of hydrogen-bond acceptors (Lipinski definition) is 4. The second-order valence-corrected chi connectivity index (χ2v) is 14.2. The highest BCUT2D eigenvalue weighted by atomic mass is 16.3. The first-order valence-corrected chi connectivity index (χ1v) is 18.7. The molecule has 0 spiro atoms. The number of aryl methyl sites for hydroxylation is 1. The minimum absolute atomic E-state index is 0.660. The highest BCUT2D eigenvalue weighted by Crippen LogP contribution is 2.41. The van der Waals surface area contributed by atoms with Crippen LogP contribution in [0.4, 0.5) is 0 Å². The summed E-state index contributed by atoms with van der Waals surface area (Å²) in [5, 5.41) is 6.07. The van der Waals surface area contributed by atoms with Crippen LogP contribution in [-0.4, -0.2) is 19.5 Å². The second-order valence-electron chi connectivity index (χ2n) is 14.2. The van der Waals surface area contributed by atoms with Crippen LogP contribution in [0.3, 0.4) is 0 Å². The topological polar surface area (TPSA) is 56.7 Å². The molecule has 9 aromatic rings. The van der Waals surface area contributed by atoms with E-state index < -0.39 is 0 Å². The normalized spacial score (nSPS) is 14.0. The Morgan fingerprint density at radius 1 is 0.537 bits per heavy atom. The minimum Gasteiger partial charge on any atom is -0.456 e. The van der Waals surface area contributed by atoms with Gasteiger partial charge in [-0.1, -0.05) is 115 Å². The minimum atomic E-state index is 0.660. The third kappa shape index (κ3) is 5.04. The molecule has 0 amide bonds. The van der Waals surface area contributed by atoms with Crippen LogP contribution >= 0.6 is 0 Å². The molecule has 256 valence electrons. The Morgan fingerprint density at radius 3 is 2.09 bits per heavy atom. The van der Waals surface area contributed by atoms with Gasteiger partial charge in [0.1, 0.15) is 11.2 Å². The molecule has 2 aliphatic rings. The molecule has 3 heterocycles. The van der Waals surface area contributed by atoms with Gasteiger partial charge in [-0.3, -0.25) is 0 Å². The summed E-state index contributed by atoms with van der Waals surface area (Å²) in [6.07, 6.45) is 15.2. The summed E-state index contributed by atoms with van der Waals surface area (Å²) < 4.78 is 9.04. The molecule has 2 aliphatic carbocycles. The Hall–Kier alpha value is -6.85. The Labute approximate surface area is 312 Å². The lowest BCUT2D eigenvalue weighted by molar-refractivity contribution is 0.668. The molecule has 11 rings (SSSR count). The van der Waals surface area contributed by atoms with Gasteiger partial charge in [0.25, 0.3) is 0 Å². The monoisotopic (exact) mass is 694 g/mol. The van der Waals surface area contributed by atoms with Gasteiger partial charge >= 0.3 is 0 Å². The molecule has 0 unspecified atom stereocenters. The van der Waals surface area contributed by atoms with Crippen molar-refractivity contribution in [2.24, 2.45) is 0 Å². The maximum absolute atomic E-state index is 6.63. The Bertz CT molecular complexity index is 3030. The van der Waals surface area contributed by atoms with E-state index in [1.165, 1.54) is 32.9 Å². The summed E-state index contributed by atoms with van der Waals surface area (Å²) in [6, 6.07) is 45.1. The van der Waals surface area contributed by atoms with Gasteiger partial charge in [0.2, 0.25) is 0 Å². The fourth-order valence-electron chi connectivity index (χ4n) is 8.32. The summed E-state index contributed by atoms with van der Waals surface area (Å²) >= 11 is 0. The van der Waals surface area contributed by atoms with Gasteiger partial charge in [-0.25, -0.2) is 15.0 Å². The zero-order valence-corrected chi connectivity index (χ0v) is 29.5. The van der Waals surface area contributed by atoms with Crippen molar-refractivity contribution >= 4 is 55.3 Å². The summed E-state index contributed by atoms with van der Waals surface area (Å²) in [7, 11) is 0. The Balaban J connectivity index is 1.00. The molecule has 6 aromatic carbocycles. The molecule has 0 saturated carbocycles. The zero-order valence-electron chi connectivity index (χ0n) is 29.5. The van der Waals surface area contributed by atoms with Gasteiger partial charge in [0.15, 0.2) is 17.5 Å². The lowest BCUT2D eigenvalue weighted by atomic mass is 9.98. The summed E-state index contributed by atoms with van der Waals surface area (Å²) in [5.41, 5.74) is 11.9. The predicted octanol–water partition coefficient (Wildman–Crippen LogP) is 12.6. The van der Waals surface area contributed by atoms with E-state index in [1.54, 1.807) is 0 Å². The molecule has 54 heavy (non-hydrogen) atoms. The highest BCUT2D eigenvalue weighted by Gasteiger charge is 2.21. The number of nitrogens with zero attached hydrogens (tertiary/aromatic N) is 4. The van der Waals surface area contributed by atoms with Gasteiger partial charge in [0.05, 0.1) is 5.52 Å². The molecule has 0 fully saturated rings. The summed E-state index contributed by atoms with van der Waals surface area (Å²) in [4.78, 5) is 14.8. The van der Waals surface area contributed by atoms with E-state index in [9.17, 15) is 0 Å². The third-order valence-electron chi connectivity index (χ3n) is 10.9. The Kier molecular flexibility index (Phi) is 7.05. The molecular formula is C49H34N4O. The average molecular weight is 695 g/mol. The van der Waals surface area contributed by atoms with Crippen LogP contribution in [0, 0.1) is 0 Å². The van der Waals surface area contributed by atoms with Gasteiger partial charge in [-0.05, 0) is 89.6 Å². The van der Waals surface area contributed by atoms with Gasteiger partial charge in [-0.15, -0.1) is 0 Å². The van der Waals surface area contributed by atoms with Crippen molar-refractivity contribution in [2.75, 3.05) is 0 Å². The Morgan fingerprint density at radius 2 is 1.28 bits per heavy atom. The highest BCUT2D eigenvalue weighted by molar-refractivity contribution is 6.13.